The van der Waals surface area contributed by atoms with E-state index in [4.69, 9.17) is 0 Å². The van der Waals surface area contributed by atoms with E-state index in [1.54, 1.807) is 12.5 Å². The number of carbonyl (C=O) groups is 1. The number of aryl methyl sites for hydroxylation is 1. The maximum atomic E-state index is 11.8. The fraction of sp³-hybridized carbons (Fsp3) is 0.333. The van der Waals surface area contributed by atoms with E-state index < -0.39 is 0 Å². The zero-order valence-corrected chi connectivity index (χ0v) is 11.3. The van der Waals surface area contributed by atoms with Crippen LogP contribution in [-0.4, -0.2) is 33.2 Å². The van der Waals surface area contributed by atoms with E-state index in [0.29, 0.717) is 19.4 Å². The number of carbonyl (C=O) groups excluding carboxylic acids is 1. The fourth-order valence-corrected chi connectivity index (χ4v) is 2.01. The Hall–Kier alpha value is -2.14. The number of nitrogens with zero attached hydrogens (tertiary/aromatic N) is 2. The topological polar surface area (TPSA) is 67.2 Å². The van der Waals surface area contributed by atoms with Gasteiger partial charge in [0.15, 0.2) is 0 Å². The molecule has 1 aromatic carbocycles. The zero-order valence-electron chi connectivity index (χ0n) is 11.3. The highest BCUT2D eigenvalue weighted by Gasteiger charge is 2.11. The molecule has 0 bridgehead atoms. The van der Waals surface area contributed by atoms with Crippen molar-refractivity contribution in [2.75, 3.05) is 6.61 Å². The number of hydrogen-bond donors (Lipinski definition) is 2. The summed E-state index contributed by atoms with van der Waals surface area (Å²) in [6, 6.07) is 9.57. The largest absolute Gasteiger partial charge is 0.394 e. The quantitative estimate of drug-likeness (QED) is 0.790. The van der Waals surface area contributed by atoms with E-state index in [2.05, 4.69) is 10.3 Å². The van der Waals surface area contributed by atoms with E-state index in [0.717, 1.165) is 5.56 Å². The van der Waals surface area contributed by atoms with E-state index in [9.17, 15) is 9.90 Å². The smallest absolute Gasteiger partial charge is 0.222 e. The zero-order chi connectivity index (χ0) is 14.2. The second-order valence-corrected chi connectivity index (χ2v) is 4.69. The van der Waals surface area contributed by atoms with Crippen LogP contribution in [0.2, 0.25) is 0 Å². The van der Waals surface area contributed by atoms with E-state index in [1.807, 2.05) is 41.1 Å². The summed E-state index contributed by atoms with van der Waals surface area (Å²) in [5, 5.41) is 12.2. The van der Waals surface area contributed by atoms with Crippen molar-refractivity contribution in [2.45, 2.75) is 25.4 Å². The second-order valence-electron chi connectivity index (χ2n) is 4.69. The SMILES string of the molecule is O=C(CCn1ccnc1)NC(CO)Cc1ccccc1. The molecule has 20 heavy (non-hydrogen) atoms. The lowest BCUT2D eigenvalue weighted by molar-refractivity contribution is -0.122. The van der Waals surface area contributed by atoms with Crippen molar-refractivity contribution in [3.63, 3.8) is 0 Å². The molecule has 106 valence electrons. The molecule has 2 aromatic rings. The monoisotopic (exact) mass is 273 g/mol. The molecule has 2 rings (SSSR count). The van der Waals surface area contributed by atoms with Gasteiger partial charge in [-0.2, -0.15) is 0 Å². The molecule has 5 heteroatoms. The van der Waals surface area contributed by atoms with E-state index in [-0.39, 0.29) is 18.6 Å². The number of amides is 1. The third-order valence-electron chi connectivity index (χ3n) is 3.07. The number of aliphatic hydroxyl groups excluding tert-OH is 1. The Labute approximate surface area is 118 Å². The van der Waals surface area contributed by atoms with Crippen LogP contribution in [0, 0.1) is 0 Å². The molecule has 1 aromatic heterocycles. The average Bonchev–Trinajstić information content (AvgIpc) is 2.99. The summed E-state index contributed by atoms with van der Waals surface area (Å²) < 4.78 is 1.85. The van der Waals surface area contributed by atoms with Crippen molar-refractivity contribution >= 4 is 5.91 Å². The van der Waals surface area contributed by atoms with Crippen LogP contribution in [-0.2, 0) is 17.8 Å². The van der Waals surface area contributed by atoms with Gasteiger partial charge >= 0.3 is 0 Å². The van der Waals surface area contributed by atoms with Gasteiger partial charge in [-0.15, -0.1) is 0 Å². The Morgan fingerprint density at radius 2 is 2.15 bits per heavy atom. The lowest BCUT2D eigenvalue weighted by Gasteiger charge is -2.16. The third-order valence-corrected chi connectivity index (χ3v) is 3.07. The van der Waals surface area contributed by atoms with Crippen LogP contribution in [0.5, 0.6) is 0 Å². The predicted molar refractivity (Wildman–Crippen MR) is 76.0 cm³/mol. The van der Waals surface area contributed by atoms with Crippen molar-refractivity contribution in [3.8, 4) is 0 Å². The molecule has 0 fully saturated rings. The van der Waals surface area contributed by atoms with Crippen molar-refractivity contribution in [2.24, 2.45) is 0 Å². The van der Waals surface area contributed by atoms with Crippen molar-refractivity contribution in [1.82, 2.24) is 14.9 Å². The summed E-state index contributed by atoms with van der Waals surface area (Å²) in [5.41, 5.74) is 1.10. The number of aliphatic hydroxyl groups is 1. The van der Waals surface area contributed by atoms with Crippen LogP contribution in [0.25, 0.3) is 0 Å². The van der Waals surface area contributed by atoms with Gasteiger partial charge in [-0.05, 0) is 12.0 Å². The summed E-state index contributed by atoms with van der Waals surface area (Å²) in [5.74, 6) is -0.0614. The highest BCUT2D eigenvalue weighted by molar-refractivity contribution is 5.76. The molecule has 1 atom stereocenters. The summed E-state index contributed by atoms with van der Waals surface area (Å²) in [7, 11) is 0. The minimum atomic E-state index is -0.243. The molecule has 5 nitrogen and oxygen atoms in total. The highest BCUT2D eigenvalue weighted by atomic mass is 16.3. The van der Waals surface area contributed by atoms with Gasteiger partial charge in [0.05, 0.1) is 19.0 Å². The second kappa shape index (κ2) is 7.45. The lowest BCUT2D eigenvalue weighted by atomic mass is 10.1. The molecule has 0 saturated heterocycles. The van der Waals surface area contributed by atoms with Crippen molar-refractivity contribution < 1.29 is 9.90 Å². The number of hydrogen-bond acceptors (Lipinski definition) is 3. The Morgan fingerprint density at radius 1 is 1.35 bits per heavy atom. The molecule has 2 N–H and O–H groups in total. The first-order valence-electron chi connectivity index (χ1n) is 6.68. The van der Waals surface area contributed by atoms with Crippen LogP contribution in [0.4, 0.5) is 0 Å². The predicted octanol–water partition coefficient (Wildman–Crippen LogP) is 0.993. The third kappa shape index (κ3) is 4.51. The highest BCUT2D eigenvalue weighted by Crippen LogP contribution is 2.03. The molecular formula is C15H19N3O2. The first-order chi connectivity index (χ1) is 9.78. The Kier molecular flexibility index (Phi) is 5.32. The van der Waals surface area contributed by atoms with Gasteiger partial charge < -0.3 is 15.0 Å². The van der Waals surface area contributed by atoms with Gasteiger partial charge in [-0.3, -0.25) is 4.79 Å². The van der Waals surface area contributed by atoms with Crippen LogP contribution >= 0.6 is 0 Å². The number of aromatic nitrogens is 2. The maximum Gasteiger partial charge on any atom is 0.222 e. The summed E-state index contributed by atoms with van der Waals surface area (Å²) in [6.07, 6.45) is 6.20. The van der Waals surface area contributed by atoms with E-state index in [1.165, 1.54) is 0 Å². The summed E-state index contributed by atoms with van der Waals surface area (Å²) >= 11 is 0. The first kappa shape index (κ1) is 14.3. The standard InChI is InChI=1S/C15H19N3O2/c19-11-14(10-13-4-2-1-3-5-13)17-15(20)6-8-18-9-7-16-12-18/h1-5,7,9,12,14,19H,6,8,10-11H2,(H,17,20). The van der Waals surface area contributed by atoms with Gasteiger partial charge in [-0.25, -0.2) is 4.98 Å². The lowest BCUT2D eigenvalue weighted by Crippen LogP contribution is -2.39. The van der Waals surface area contributed by atoms with Crippen LogP contribution < -0.4 is 5.32 Å². The van der Waals surface area contributed by atoms with Crippen LogP contribution in [0.1, 0.15) is 12.0 Å². The van der Waals surface area contributed by atoms with Gasteiger partial charge in [0, 0.05) is 25.4 Å². The Morgan fingerprint density at radius 3 is 2.80 bits per heavy atom. The van der Waals surface area contributed by atoms with Gasteiger partial charge in [0.25, 0.3) is 0 Å². The molecule has 0 radical (unpaired) electrons. The normalized spacial score (nSPS) is 12.1. The van der Waals surface area contributed by atoms with Crippen molar-refractivity contribution in [3.05, 3.63) is 54.6 Å². The first-order valence-corrected chi connectivity index (χ1v) is 6.68. The molecular weight excluding hydrogens is 254 g/mol. The summed E-state index contributed by atoms with van der Waals surface area (Å²) in [6.45, 7) is 0.529. The number of imidazole rings is 1. The molecule has 1 heterocycles. The molecule has 1 amide bonds. The van der Waals surface area contributed by atoms with Gasteiger partial charge in [0.1, 0.15) is 0 Å². The average molecular weight is 273 g/mol. The maximum absolute atomic E-state index is 11.8. The van der Waals surface area contributed by atoms with Gasteiger partial charge in [0.2, 0.25) is 5.91 Å². The van der Waals surface area contributed by atoms with E-state index >= 15 is 0 Å². The van der Waals surface area contributed by atoms with Crippen molar-refractivity contribution in [1.29, 1.82) is 0 Å². The number of rotatable bonds is 7. The number of benzene rings is 1. The minimum Gasteiger partial charge on any atom is -0.394 e. The molecule has 0 saturated carbocycles. The molecule has 0 spiro atoms. The molecule has 1 unspecified atom stereocenters. The summed E-state index contributed by atoms with van der Waals surface area (Å²) in [4.78, 5) is 15.8. The molecule has 0 aliphatic heterocycles. The number of nitrogens with one attached hydrogen (secondary N) is 1. The Balaban J connectivity index is 1.79. The van der Waals surface area contributed by atoms with Crippen LogP contribution in [0.15, 0.2) is 49.1 Å². The Bertz CT molecular complexity index is 511. The fourth-order valence-electron chi connectivity index (χ4n) is 2.01. The molecule has 0 aliphatic rings. The van der Waals surface area contributed by atoms with Gasteiger partial charge in [-0.1, -0.05) is 30.3 Å². The minimum absolute atomic E-state index is 0.0614. The molecule has 0 aliphatic carbocycles. The van der Waals surface area contributed by atoms with Crippen LogP contribution in [0.3, 0.4) is 0 Å².